The summed E-state index contributed by atoms with van der Waals surface area (Å²) in [5.41, 5.74) is 0. The molecule has 1 aromatic rings. The number of methoxy groups -OCH3 is 2. The minimum absolute atomic E-state index is 0.487. The highest BCUT2D eigenvalue weighted by atomic mass is 32.1. The van der Waals surface area contributed by atoms with Crippen LogP contribution in [0.4, 0.5) is 0 Å². The summed E-state index contributed by atoms with van der Waals surface area (Å²) in [7, 11) is 3.29. The van der Waals surface area contributed by atoms with Crippen LogP contribution < -0.4 is 9.47 Å². The summed E-state index contributed by atoms with van der Waals surface area (Å²) in [5, 5.41) is 3.83. The Kier molecular flexibility index (Phi) is 11.1. The standard InChI is InChI=1S/C14H24O6S/c1-15-3-5-17-7-9-19-13-11-21-12-14(13)20-10-8-18-6-4-16-2/h11-12H,3-10H2,1-2H3. The van der Waals surface area contributed by atoms with Gasteiger partial charge in [-0.1, -0.05) is 0 Å². The van der Waals surface area contributed by atoms with E-state index >= 15 is 0 Å². The molecule has 0 saturated carbocycles. The zero-order valence-corrected chi connectivity index (χ0v) is 13.5. The largest absolute Gasteiger partial charge is 0.486 e. The molecular weight excluding hydrogens is 296 g/mol. The fraction of sp³-hybridized carbons (Fsp3) is 0.714. The highest BCUT2D eigenvalue weighted by Crippen LogP contribution is 2.31. The summed E-state index contributed by atoms with van der Waals surface area (Å²) >= 11 is 1.54. The third kappa shape index (κ3) is 8.90. The van der Waals surface area contributed by atoms with Crippen LogP contribution in [-0.4, -0.2) is 67.1 Å². The lowest BCUT2D eigenvalue weighted by Gasteiger charge is -2.09. The van der Waals surface area contributed by atoms with Crippen LogP contribution in [0.15, 0.2) is 10.8 Å². The van der Waals surface area contributed by atoms with Gasteiger partial charge in [-0.3, -0.25) is 0 Å². The number of hydrogen-bond acceptors (Lipinski definition) is 7. The summed E-state index contributed by atoms with van der Waals surface area (Å²) in [6.45, 7) is 4.36. The first-order valence-electron chi connectivity index (χ1n) is 6.83. The smallest absolute Gasteiger partial charge is 0.171 e. The average Bonchev–Trinajstić information content (AvgIpc) is 2.94. The Morgan fingerprint density at radius 3 is 1.52 bits per heavy atom. The highest BCUT2D eigenvalue weighted by molar-refractivity contribution is 7.08. The van der Waals surface area contributed by atoms with Gasteiger partial charge in [0.05, 0.1) is 39.6 Å². The summed E-state index contributed by atoms with van der Waals surface area (Å²) in [6.07, 6.45) is 0. The Morgan fingerprint density at radius 2 is 1.10 bits per heavy atom. The van der Waals surface area contributed by atoms with Crippen LogP contribution in [0.5, 0.6) is 11.5 Å². The van der Waals surface area contributed by atoms with Crippen molar-refractivity contribution in [3.63, 3.8) is 0 Å². The normalized spacial score (nSPS) is 10.8. The molecular formula is C14H24O6S. The molecule has 0 aromatic carbocycles. The van der Waals surface area contributed by atoms with E-state index in [-0.39, 0.29) is 0 Å². The molecule has 0 unspecified atom stereocenters. The van der Waals surface area contributed by atoms with Gasteiger partial charge >= 0.3 is 0 Å². The molecule has 1 aromatic heterocycles. The average molecular weight is 320 g/mol. The maximum Gasteiger partial charge on any atom is 0.171 e. The van der Waals surface area contributed by atoms with Crippen molar-refractivity contribution in [2.75, 3.05) is 67.1 Å². The molecule has 1 heterocycles. The van der Waals surface area contributed by atoms with Crippen molar-refractivity contribution in [2.24, 2.45) is 0 Å². The molecule has 0 bridgehead atoms. The van der Waals surface area contributed by atoms with E-state index in [2.05, 4.69) is 0 Å². The zero-order chi connectivity index (χ0) is 15.2. The fourth-order valence-corrected chi connectivity index (χ4v) is 2.08. The Labute approximate surface area is 129 Å². The van der Waals surface area contributed by atoms with Crippen molar-refractivity contribution in [1.29, 1.82) is 0 Å². The van der Waals surface area contributed by atoms with Crippen LogP contribution in [0, 0.1) is 0 Å². The highest BCUT2D eigenvalue weighted by Gasteiger charge is 2.06. The van der Waals surface area contributed by atoms with Crippen molar-refractivity contribution in [3.8, 4) is 11.5 Å². The van der Waals surface area contributed by atoms with Crippen LogP contribution in [0.3, 0.4) is 0 Å². The third-order valence-corrected chi connectivity index (χ3v) is 3.13. The lowest BCUT2D eigenvalue weighted by molar-refractivity contribution is 0.0500. The molecule has 0 atom stereocenters. The van der Waals surface area contributed by atoms with Gasteiger partial charge in [-0.15, -0.1) is 11.3 Å². The molecule has 0 amide bonds. The van der Waals surface area contributed by atoms with Crippen molar-refractivity contribution in [1.82, 2.24) is 0 Å². The van der Waals surface area contributed by atoms with Gasteiger partial charge in [0, 0.05) is 25.0 Å². The van der Waals surface area contributed by atoms with Gasteiger partial charge in [0.1, 0.15) is 13.2 Å². The second kappa shape index (κ2) is 12.8. The summed E-state index contributed by atoms with van der Waals surface area (Å²) in [6, 6.07) is 0. The predicted molar refractivity (Wildman–Crippen MR) is 80.7 cm³/mol. The molecule has 1 rings (SSSR count). The van der Waals surface area contributed by atoms with E-state index in [4.69, 9.17) is 28.4 Å². The molecule has 0 fully saturated rings. The number of ether oxygens (including phenoxy) is 6. The first-order chi connectivity index (χ1) is 10.4. The van der Waals surface area contributed by atoms with Crippen molar-refractivity contribution >= 4 is 11.3 Å². The second-order valence-electron chi connectivity index (χ2n) is 4.01. The molecule has 0 aliphatic carbocycles. The molecule has 122 valence electrons. The number of hydrogen-bond donors (Lipinski definition) is 0. The Balaban J connectivity index is 2.09. The minimum Gasteiger partial charge on any atom is -0.486 e. The maximum atomic E-state index is 5.61. The van der Waals surface area contributed by atoms with Crippen molar-refractivity contribution in [3.05, 3.63) is 10.8 Å². The van der Waals surface area contributed by atoms with Crippen LogP contribution in [0.25, 0.3) is 0 Å². The minimum atomic E-state index is 0.487. The van der Waals surface area contributed by atoms with Crippen LogP contribution >= 0.6 is 11.3 Å². The van der Waals surface area contributed by atoms with E-state index in [0.717, 1.165) is 11.5 Å². The molecule has 0 N–H and O–H groups in total. The molecule has 7 heteroatoms. The van der Waals surface area contributed by atoms with E-state index in [1.165, 1.54) is 11.3 Å². The monoisotopic (exact) mass is 320 g/mol. The van der Waals surface area contributed by atoms with Gasteiger partial charge < -0.3 is 28.4 Å². The first kappa shape index (κ1) is 18.2. The topological polar surface area (TPSA) is 55.4 Å². The first-order valence-corrected chi connectivity index (χ1v) is 7.78. The molecule has 0 aliphatic heterocycles. The summed E-state index contributed by atoms with van der Waals surface area (Å²) < 4.78 is 31.7. The van der Waals surface area contributed by atoms with E-state index in [0.29, 0.717) is 52.9 Å². The van der Waals surface area contributed by atoms with Crippen molar-refractivity contribution in [2.45, 2.75) is 0 Å². The molecule has 21 heavy (non-hydrogen) atoms. The van der Waals surface area contributed by atoms with Gasteiger partial charge in [0.15, 0.2) is 11.5 Å². The molecule has 6 nitrogen and oxygen atoms in total. The number of thiophene rings is 1. The van der Waals surface area contributed by atoms with E-state index in [1.807, 2.05) is 10.8 Å². The van der Waals surface area contributed by atoms with E-state index < -0.39 is 0 Å². The van der Waals surface area contributed by atoms with Crippen LogP contribution in [0.1, 0.15) is 0 Å². The quantitative estimate of drug-likeness (QED) is 0.488. The van der Waals surface area contributed by atoms with Gasteiger partial charge in [0.2, 0.25) is 0 Å². The SMILES string of the molecule is COCCOCCOc1cscc1OCCOCCOC. The van der Waals surface area contributed by atoms with Crippen LogP contribution in [0.2, 0.25) is 0 Å². The molecule has 0 aliphatic rings. The summed E-state index contributed by atoms with van der Waals surface area (Å²) in [5.74, 6) is 1.49. The van der Waals surface area contributed by atoms with Gasteiger partial charge in [-0.05, 0) is 0 Å². The van der Waals surface area contributed by atoms with Gasteiger partial charge in [-0.2, -0.15) is 0 Å². The molecule has 0 saturated heterocycles. The molecule has 0 spiro atoms. The lowest BCUT2D eigenvalue weighted by Crippen LogP contribution is -2.11. The fourth-order valence-electron chi connectivity index (χ4n) is 1.39. The van der Waals surface area contributed by atoms with Gasteiger partial charge in [-0.25, -0.2) is 0 Å². The predicted octanol–water partition coefficient (Wildman–Crippen LogP) is 1.83. The van der Waals surface area contributed by atoms with Gasteiger partial charge in [0.25, 0.3) is 0 Å². The Hall–Kier alpha value is -0.860. The van der Waals surface area contributed by atoms with Crippen LogP contribution in [-0.2, 0) is 18.9 Å². The van der Waals surface area contributed by atoms with E-state index in [1.54, 1.807) is 14.2 Å². The second-order valence-corrected chi connectivity index (χ2v) is 4.75. The van der Waals surface area contributed by atoms with E-state index in [9.17, 15) is 0 Å². The maximum absolute atomic E-state index is 5.61. The summed E-state index contributed by atoms with van der Waals surface area (Å²) in [4.78, 5) is 0. The number of rotatable bonds is 14. The molecule has 0 radical (unpaired) electrons. The third-order valence-electron chi connectivity index (χ3n) is 2.43. The lowest BCUT2D eigenvalue weighted by atomic mass is 10.5. The zero-order valence-electron chi connectivity index (χ0n) is 12.7. The Bertz CT molecular complexity index is 313. The Morgan fingerprint density at radius 1 is 0.667 bits per heavy atom. The van der Waals surface area contributed by atoms with Crippen molar-refractivity contribution < 1.29 is 28.4 Å².